The lowest BCUT2D eigenvalue weighted by Crippen LogP contribution is -2.32. The van der Waals surface area contributed by atoms with Crippen molar-refractivity contribution in [3.8, 4) is 5.75 Å². The smallest absolute Gasteiger partial charge is 0.295 e. The van der Waals surface area contributed by atoms with E-state index in [1.54, 1.807) is 36.7 Å². The first kappa shape index (κ1) is 22.8. The summed E-state index contributed by atoms with van der Waals surface area (Å²) in [6.45, 7) is 3.43. The number of amides is 1. The van der Waals surface area contributed by atoms with Crippen LogP contribution in [0.5, 0.6) is 5.75 Å². The Morgan fingerprint density at radius 2 is 2.06 bits per heavy atom. The summed E-state index contributed by atoms with van der Waals surface area (Å²) >= 11 is 6.27. The van der Waals surface area contributed by atoms with Gasteiger partial charge in [0, 0.05) is 24.5 Å². The molecular weight excluding hydrogens is 418 g/mol. The molecule has 1 fully saturated rings. The first-order valence-electron chi connectivity index (χ1n) is 10.1. The molecule has 0 spiro atoms. The number of carbonyl (C=O) groups excluding carboxylic acids is 2. The Bertz CT molecular complexity index is 992. The Labute approximate surface area is 186 Å². The fourth-order valence-corrected chi connectivity index (χ4v) is 3.86. The van der Waals surface area contributed by atoms with Crippen LogP contribution in [-0.2, 0) is 9.59 Å². The number of rotatable bonds is 8. The van der Waals surface area contributed by atoms with Crippen LogP contribution in [0.25, 0.3) is 5.76 Å². The van der Waals surface area contributed by atoms with Crippen molar-refractivity contribution < 1.29 is 19.4 Å². The molecular formula is C23H26ClN3O4. The first-order valence-corrected chi connectivity index (χ1v) is 10.5. The van der Waals surface area contributed by atoms with Gasteiger partial charge in [-0.05, 0) is 63.8 Å². The molecule has 1 aromatic heterocycles. The molecule has 164 valence electrons. The van der Waals surface area contributed by atoms with E-state index in [0.29, 0.717) is 41.5 Å². The summed E-state index contributed by atoms with van der Waals surface area (Å²) in [7, 11) is 3.89. The minimum absolute atomic E-state index is 0.0306. The zero-order valence-electron chi connectivity index (χ0n) is 17.8. The summed E-state index contributed by atoms with van der Waals surface area (Å²) in [5, 5.41) is 11.4. The number of halogens is 1. The summed E-state index contributed by atoms with van der Waals surface area (Å²) in [5.74, 6) is -1.15. The van der Waals surface area contributed by atoms with Gasteiger partial charge in [-0.1, -0.05) is 17.7 Å². The maximum Gasteiger partial charge on any atom is 0.295 e. The van der Waals surface area contributed by atoms with Gasteiger partial charge < -0.3 is 19.6 Å². The quantitative estimate of drug-likeness (QED) is 0.382. The SMILES string of the molecule is CCOc1ccc(C(O)=C2C(=O)C(=O)N(CCCN(C)C)[C@H]2c2cccnc2)cc1Cl. The molecule has 1 saturated heterocycles. The molecule has 1 N–H and O–H groups in total. The molecule has 0 saturated carbocycles. The van der Waals surface area contributed by atoms with E-state index in [-0.39, 0.29) is 11.3 Å². The third kappa shape index (κ3) is 4.89. The van der Waals surface area contributed by atoms with Crippen molar-refractivity contribution >= 4 is 29.1 Å². The van der Waals surface area contributed by atoms with Crippen LogP contribution in [0, 0.1) is 0 Å². The van der Waals surface area contributed by atoms with Crippen LogP contribution < -0.4 is 4.74 Å². The van der Waals surface area contributed by atoms with E-state index in [9.17, 15) is 14.7 Å². The summed E-state index contributed by atoms with van der Waals surface area (Å²) in [6, 6.07) is 7.59. The number of aliphatic hydroxyl groups is 1. The van der Waals surface area contributed by atoms with Crippen molar-refractivity contribution in [3.63, 3.8) is 0 Å². The van der Waals surface area contributed by atoms with Gasteiger partial charge in [0.05, 0.1) is 23.2 Å². The summed E-state index contributed by atoms with van der Waals surface area (Å²) in [6.07, 6.45) is 3.91. The Morgan fingerprint density at radius 1 is 1.29 bits per heavy atom. The standard InChI is InChI=1S/C23H26ClN3O4/c1-4-31-18-9-8-15(13-17(18)24)21(28)19-20(16-7-5-10-25-14-16)27(23(30)22(19)29)12-6-11-26(2)3/h5,7-10,13-14,20,28H,4,6,11-12H2,1-3H3/t20-/m0/s1. The van der Waals surface area contributed by atoms with Crippen molar-refractivity contribution in [2.24, 2.45) is 0 Å². The van der Waals surface area contributed by atoms with Crippen molar-refractivity contribution in [3.05, 3.63) is 64.4 Å². The lowest BCUT2D eigenvalue weighted by atomic mass is 9.96. The maximum atomic E-state index is 13.0. The molecule has 7 nitrogen and oxygen atoms in total. The number of benzene rings is 1. The number of carbonyl (C=O) groups is 2. The van der Waals surface area contributed by atoms with Gasteiger partial charge >= 0.3 is 0 Å². The van der Waals surface area contributed by atoms with Gasteiger partial charge in [-0.25, -0.2) is 0 Å². The van der Waals surface area contributed by atoms with E-state index >= 15 is 0 Å². The van der Waals surface area contributed by atoms with Crippen LogP contribution in [0.3, 0.4) is 0 Å². The summed E-state index contributed by atoms with van der Waals surface area (Å²) in [4.78, 5) is 33.5. The molecule has 0 aliphatic carbocycles. The number of ketones is 1. The van der Waals surface area contributed by atoms with Gasteiger partial charge in [-0.2, -0.15) is 0 Å². The van der Waals surface area contributed by atoms with E-state index in [1.165, 1.54) is 11.0 Å². The van der Waals surface area contributed by atoms with E-state index in [4.69, 9.17) is 16.3 Å². The fourth-order valence-electron chi connectivity index (χ4n) is 3.63. The molecule has 1 atom stereocenters. The number of aromatic nitrogens is 1. The zero-order chi connectivity index (χ0) is 22.5. The number of hydrogen-bond donors (Lipinski definition) is 1. The molecule has 3 rings (SSSR count). The highest BCUT2D eigenvalue weighted by Crippen LogP contribution is 2.40. The Morgan fingerprint density at radius 3 is 2.68 bits per heavy atom. The van der Waals surface area contributed by atoms with Crippen molar-refractivity contribution in [1.82, 2.24) is 14.8 Å². The number of pyridine rings is 1. The predicted octanol–water partition coefficient (Wildman–Crippen LogP) is 3.51. The molecule has 2 aromatic rings. The topological polar surface area (TPSA) is 83.0 Å². The first-order chi connectivity index (χ1) is 14.8. The number of aliphatic hydroxyl groups excluding tert-OH is 1. The zero-order valence-corrected chi connectivity index (χ0v) is 18.6. The number of ether oxygens (including phenoxy) is 1. The highest BCUT2D eigenvalue weighted by molar-refractivity contribution is 6.46. The van der Waals surface area contributed by atoms with Gasteiger partial charge in [-0.3, -0.25) is 14.6 Å². The molecule has 1 aliphatic rings. The average molecular weight is 444 g/mol. The van der Waals surface area contributed by atoms with Gasteiger partial charge in [-0.15, -0.1) is 0 Å². The highest BCUT2D eigenvalue weighted by atomic mass is 35.5. The molecule has 0 bridgehead atoms. The van der Waals surface area contributed by atoms with E-state index in [1.807, 2.05) is 25.9 Å². The third-order valence-electron chi connectivity index (χ3n) is 5.05. The second-order valence-corrected chi connectivity index (χ2v) is 7.92. The van der Waals surface area contributed by atoms with Crippen LogP contribution in [0.4, 0.5) is 0 Å². The van der Waals surface area contributed by atoms with E-state index in [0.717, 1.165) is 6.54 Å². The largest absolute Gasteiger partial charge is 0.507 e. The normalized spacial score (nSPS) is 18.1. The van der Waals surface area contributed by atoms with E-state index < -0.39 is 17.7 Å². The predicted molar refractivity (Wildman–Crippen MR) is 119 cm³/mol. The maximum absolute atomic E-state index is 13.0. The van der Waals surface area contributed by atoms with Crippen molar-refractivity contribution in [2.45, 2.75) is 19.4 Å². The molecule has 1 amide bonds. The summed E-state index contributed by atoms with van der Waals surface area (Å²) < 4.78 is 5.43. The summed E-state index contributed by atoms with van der Waals surface area (Å²) in [5.41, 5.74) is 1.03. The van der Waals surface area contributed by atoms with Crippen molar-refractivity contribution in [2.75, 3.05) is 33.8 Å². The Balaban J connectivity index is 2.06. The fraction of sp³-hybridized carbons (Fsp3) is 0.348. The molecule has 1 aliphatic heterocycles. The molecule has 31 heavy (non-hydrogen) atoms. The molecule has 2 heterocycles. The van der Waals surface area contributed by atoms with Crippen LogP contribution in [0.1, 0.15) is 30.5 Å². The molecule has 0 radical (unpaired) electrons. The lowest BCUT2D eigenvalue weighted by Gasteiger charge is -2.25. The molecule has 1 aromatic carbocycles. The third-order valence-corrected chi connectivity index (χ3v) is 5.34. The van der Waals surface area contributed by atoms with Crippen LogP contribution in [-0.4, -0.2) is 65.4 Å². The monoisotopic (exact) mass is 443 g/mol. The van der Waals surface area contributed by atoms with Crippen molar-refractivity contribution in [1.29, 1.82) is 0 Å². The second-order valence-electron chi connectivity index (χ2n) is 7.51. The highest BCUT2D eigenvalue weighted by Gasteiger charge is 2.45. The number of hydrogen-bond acceptors (Lipinski definition) is 6. The number of nitrogens with zero attached hydrogens (tertiary/aromatic N) is 3. The van der Waals surface area contributed by atoms with Gasteiger partial charge in [0.2, 0.25) is 0 Å². The lowest BCUT2D eigenvalue weighted by molar-refractivity contribution is -0.139. The molecule has 0 unspecified atom stereocenters. The average Bonchev–Trinajstić information content (AvgIpc) is 3.00. The number of likely N-dealkylation sites (tertiary alicyclic amines) is 1. The van der Waals surface area contributed by atoms with Gasteiger partial charge in [0.25, 0.3) is 11.7 Å². The van der Waals surface area contributed by atoms with E-state index in [2.05, 4.69) is 4.98 Å². The van der Waals surface area contributed by atoms with Crippen LogP contribution >= 0.6 is 11.6 Å². The number of Topliss-reactive ketones (excluding diaryl/α,β-unsaturated/α-hetero) is 1. The molecule has 8 heteroatoms. The second kappa shape index (κ2) is 9.94. The minimum Gasteiger partial charge on any atom is -0.507 e. The van der Waals surface area contributed by atoms with Crippen LogP contribution in [0.15, 0.2) is 48.3 Å². The Kier molecular flexibility index (Phi) is 7.30. The van der Waals surface area contributed by atoms with Crippen LogP contribution in [0.2, 0.25) is 5.02 Å². The van der Waals surface area contributed by atoms with Gasteiger partial charge in [0.1, 0.15) is 11.5 Å². The Hall–Kier alpha value is -2.90. The van der Waals surface area contributed by atoms with Gasteiger partial charge in [0.15, 0.2) is 0 Å². The minimum atomic E-state index is -0.721.